The molecule has 2 aliphatic carbocycles. The minimum atomic E-state index is -0.592. The van der Waals surface area contributed by atoms with Crippen molar-refractivity contribution in [1.82, 2.24) is 35.8 Å². The largest absolute Gasteiger partial charge is 0.442 e. The lowest BCUT2D eigenvalue weighted by Gasteiger charge is -2.16. The maximum Gasteiger partial charge on any atom is 0.415 e. The molecule has 2 unspecified atom stereocenters. The normalized spacial score (nSPS) is 27.7. The number of piperidine rings is 2. The van der Waals surface area contributed by atoms with Gasteiger partial charge >= 0.3 is 12.2 Å². The molecule has 0 radical (unpaired) electrons. The lowest BCUT2D eigenvalue weighted by atomic mass is 9.99. The smallest absolute Gasteiger partial charge is 0.415 e. The van der Waals surface area contributed by atoms with Gasteiger partial charge in [0.15, 0.2) is 0 Å². The number of rotatable bonds is 11. The van der Waals surface area contributed by atoms with Gasteiger partial charge in [-0.15, -0.1) is 5.01 Å². The summed E-state index contributed by atoms with van der Waals surface area (Å²) in [4.78, 5) is 75.6. The number of benzene rings is 2. The number of nitriles is 1. The molecule has 76 heavy (non-hydrogen) atoms. The minimum absolute atomic E-state index is 0.110. The zero-order valence-corrected chi connectivity index (χ0v) is 44.7. The Morgan fingerprint density at radius 3 is 1.47 bits per heavy atom. The summed E-state index contributed by atoms with van der Waals surface area (Å²) in [6.07, 6.45) is 3.53. The van der Waals surface area contributed by atoms with Gasteiger partial charge in [0.25, 0.3) is 11.1 Å². The Morgan fingerprint density at radius 2 is 1.13 bits per heavy atom. The number of amides is 4. The average Bonchev–Trinajstić information content (AvgIpc) is 3.95. The second-order valence-corrected chi connectivity index (χ2v) is 20.5. The zero-order valence-electron chi connectivity index (χ0n) is 43.1. The second kappa shape index (κ2) is 21.9. The third-order valence-electron chi connectivity index (χ3n) is 16.5. The van der Waals surface area contributed by atoms with Gasteiger partial charge in [-0.25, -0.2) is 22.7 Å². The fourth-order valence-electron chi connectivity index (χ4n) is 12.4. The highest BCUT2D eigenvalue weighted by molar-refractivity contribution is 9.12. The van der Waals surface area contributed by atoms with Gasteiger partial charge in [-0.3, -0.25) is 29.4 Å². The Hall–Kier alpha value is -7.62. The van der Waals surface area contributed by atoms with Crippen LogP contribution in [0.1, 0.15) is 57.1 Å². The van der Waals surface area contributed by atoms with Gasteiger partial charge in [-0.2, -0.15) is 16.8 Å². The Bertz CT molecular complexity index is 3040. The lowest BCUT2D eigenvalue weighted by Crippen LogP contribution is -2.40. The molecule has 0 spiro atoms. The van der Waals surface area contributed by atoms with Gasteiger partial charge in [-0.1, -0.05) is 45.0 Å². The number of fused-ring (bicyclic) bond motifs is 8. The van der Waals surface area contributed by atoms with E-state index in [4.69, 9.17) is 39.4 Å². The number of hydrogen-bond donors (Lipinski definition) is 3. The summed E-state index contributed by atoms with van der Waals surface area (Å²) >= 11 is 2.45. The van der Waals surface area contributed by atoms with Crippen LogP contribution in [0.2, 0.25) is 0 Å². The van der Waals surface area contributed by atoms with Gasteiger partial charge in [0, 0.05) is 66.4 Å². The number of aromatic nitrogens is 2. The van der Waals surface area contributed by atoms with E-state index in [9.17, 15) is 19.2 Å². The van der Waals surface area contributed by atoms with Crippen LogP contribution in [0.25, 0.3) is 36.9 Å². The Kier molecular flexibility index (Phi) is 15.3. The van der Waals surface area contributed by atoms with E-state index >= 15 is 0 Å². The van der Waals surface area contributed by atoms with Crippen molar-refractivity contribution in [3.8, 4) is 27.2 Å². The van der Waals surface area contributed by atoms with E-state index in [0.717, 1.165) is 69.2 Å². The van der Waals surface area contributed by atoms with E-state index in [-0.39, 0.29) is 60.1 Å². The first kappa shape index (κ1) is 53.2. The number of pyridine rings is 2. The molecule has 2 aromatic heterocycles. The molecule has 8 heterocycles. The van der Waals surface area contributed by atoms with Crippen molar-refractivity contribution in [2.75, 3.05) is 68.7 Å². The van der Waals surface area contributed by atoms with E-state index in [1.807, 2.05) is 60.9 Å². The molecule has 12 rings (SSSR count). The summed E-state index contributed by atoms with van der Waals surface area (Å²) in [6, 6.07) is 19.8. The molecule has 2 saturated carbocycles. The van der Waals surface area contributed by atoms with Crippen molar-refractivity contribution in [1.29, 1.82) is 5.26 Å². The van der Waals surface area contributed by atoms with Gasteiger partial charge in [0.1, 0.15) is 28.6 Å². The third kappa shape index (κ3) is 9.55. The molecule has 10 atom stereocenters. The van der Waals surface area contributed by atoms with Crippen LogP contribution >= 0.6 is 15.9 Å². The molecule has 0 bridgehead atoms. The van der Waals surface area contributed by atoms with Crippen molar-refractivity contribution in [3.63, 3.8) is 0 Å². The number of carbonyl (C=O) groups is 4. The molecule has 6 aliphatic heterocycles. The molecule has 4 aromatic rings. The molecule has 3 N–H and O–H groups in total. The van der Waals surface area contributed by atoms with E-state index in [1.165, 1.54) is 33.5 Å². The van der Waals surface area contributed by atoms with Crippen LogP contribution in [0, 0.1) is 53.6 Å². The number of nitrogens with zero attached hydrogens (tertiary/aromatic N) is 10. The van der Waals surface area contributed by atoms with Crippen LogP contribution < -0.4 is 25.8 Å². The van der Waals surface area contributed by atoms with Crippen molar-refractivity contribution < 1.29 is 28.7 Å². The van der Waals surface area contributed by atoms with Gasteiger partial charge in [0.05, 0.1) is 73.3 Å². The predicted octanol–water partition coefficient (Wildman–Crippen LogP) is 6.95. The van der Waals surface area contributed by atoms with E-state index in [1.54, 1.807) is 19.8 Å². The van der Waals surface area contributed by atoms with Gasteiger partial charge in [-0.05, 0) is 91.1 Å². The Balaban J connectivity index is 0.000000158. The third-order valence-corrected chi connectivity index (χ3v) is 16.5. The molecule has 8 aliphatic rings. The number of halogens is 1. The number of hydrogen-bond acceptors (Lipinski definition) is 12. The van der Waals surface area contributed by atoms with E-state index in [2.05, 4.69) is 89.3 Å². The molecule has 6 fully saturated rings. The number of anilines is 2. The number of nitrogens with one attached hydrogen (secondary N) is 3. The minimum Gasteiger partial charge on any atom is -0.442 e. The SMILES string of the molecule is CCN(CC)CC.N#CBr.[C-]#[N+]C1(c2ccc(-c3ccc4c(c3)C[C@H]3[C@H](CNC(C)=O)OC(=O)N43)cn2)[C@@H]2CNC[C@@H]21.[C-]#[N+]N1C[C@@H]2[C@H](C1)C2([N+]#[C-])c1ccc(-c2ccc3c(c2)C[C@H]2[C@H](CNC(C)=O)OC(=O)N32)cn1. The van der Waals surface area contributed by atoms with Crippen molar-refractivity contribution in [2.45, 2.75) is 82.8 Å². The monoisotopic (exact) mass is 1090 g/mol. The topological polar surface area (TPSA) is 198 Å². The summed E-state index contributed by atoms with van der Waals surface area (Å²) in [6.45, 7) is 39.4. The highest BCUT2D eigenvalue weighted by Gasteiger charge is 2.79. The van der Waals surface area contributed by atoms with Crippen LogP contribution in [0.5, 0.6) is 0 Å². The molecular formula is C56H60BrN13O6. The number of ether oxygens (including phenoxy) is 2. The lowest BCUT2D eigenvalue weighted by molar-refractivity contribution is -0.120. The van der Waals surface area contributed by atoms with E-state index in [0.29, 0.717) is 50.9 Å². The fourth-order valence-corrected chi connectivity index (χ4v) is 12.4. The van der Waals surface area contributed by atoms with Crippen LogP contribution in [-0.2, 0) is 43.0 Å². The molecule has 20 heteroatoms. The van der Waals surface area contributed by atoms with Crippen LogP contribution in [0.15, 0.2) is 73.1 Å². The average molecular weight is 1090 g/mol. The van der Waals surface area contributed by atoms with Crippen molar-refractivity contribution in [2.24, 2.45) is 23.7 Å². The number of cyclic esters (lactones) is 2. The molecule has 4 saturated heterocycles. The first-order chi connectivity index (χ1) is 36.7. The summed E-state index contributed by atoms with van der Waals surface area (Å²) in [5.41, 5.74) is 8.44. The Labute approximate surface area is 451 Å². The maximum atomic E-state index is 12.5. The first-order valence-electron chi connectivity index (χ1n) is 25.8. The van der Waals surface area contributed by atoms with Crippen LogP contribution in [-0.4, -0.2) is 127 Å². The quantitative estimate of drug-likeness (QED) is 0.131. The fraction of sp³-hybridized carbons (Fsp3) is 0.464. The van der Waals surface area contributed by atoms with Crippen LogP contribution in [0.4, 0.5) is 21.0 Å². The summed E-state index contributed by atoms with van der Waals surface area (Å²) in [5, 5.41) is 17.8. The van der Waals surface area contributed by atoms with Gasteiger partial charge in [0.2, 0.25) is 11.8 Å². The summed E-state index contributed by atoms with van der Waals surface area (Å²) in [5.74, 6) is 0.808. The highest BCUT2D eigenvalue weighted by atomic mass is 79.9. The number of carbonyl (C=O) groups excluding carboxylic acids is 4. The van der Waals surface area contributed by atoms with Crippen molar-refractivity contribution in [3.05, 3.63) is 130 Å². The zero-order chi connectivity index (χ0) is 54.1. The van der Waals surface area contributed by atoms with Crippen LogP contribution in [0.3, 0.4) is 0 Å². The molecule has 4 amide bonds. The second-order valence-electron chi connectivity index (χ2n) is 20.2. The molecule has 19 nitrogen and oxygen atoms in total. The maximum absolute atomic E-state index is 12.5. The summed E-state index contributed by atoms with van der Waals surface area (Å²) < 4.78 is 11.0. The van der Waals surface area contributed by atoms with Gasteiger partial charge < -0.3 is 40.0 Å². The molecular weight excluding hydrogens is 1030 g/mol. The van der Waals surface area contributed by atoms with Crippen molar-refractivity contribution >= 4 is 51.3 Å². The highest BCUT2D eigenvalue weighted by Crippen LogP contribution is 2.64. The molecule has 392 valence electrons. The van der Waals surface area contributed by atoms with E-state index < -0.39 is 11.1 Å². The standard InChI is InChI=1S/C25H22N6O3.C24H23N5O3.C6H15N.CBrN/c1-14(32)28-11-22-21-9-17-8-15(4-6-20(17)31(21)24(33)34-22)16-5-7-23(29-10-16)25(26-2)18-12-30(27-3)13-19(18)25;1-13(30)27-12-21-20-8-16-7-14(3-5-19(16)29(20)23(31)32-21)15-4-6-22(28-9-15)24(25-2)17-10-26-11-18(17)24;1-4-7(5-2)6-3;2-1-3/h4-8,10,18-19,21-22H,9,11-13H2,1H3,(H,28,32);3-7,9,17-18,20-21,26H,8,10-12H2,1H3,(H,27,30);4-6H2,1-3H3;/t18-,19+,21-,22-,25?;17-,18+,20-,21-,24?;;/m00../s1. The predicted molar refractivity (Wildman–Crippen MR) is 287 cm³/mol. The first-order valence-corrected chi connectivity index (χ1v) is 26.5. The Morgan fingerprint density at radius 1 is 0.724 bits per heavy atom. The molecule has 2 aromatic carbocycles. The summed E-state index contributed by atoms with van der Waals surface area (Å²) in [7, 11) is 0.